The van der Waals surface area contributed by atoms with Crippen LogP contribution in [0.2, 0.25) is 0 Å². The van der Waals surface area contributed by atoms with Crippen molar-refractivity contribution < 1.29 is 9.53 Å². The van der Waals surface area contributed by atoms with Gasteiger partial charge in [0.25, 0.3) is 0 Å². The number of fused-ring (bicyclic) bond motifs is 1. The standard InChI is InChI=1S/C20H27N3O2S/c1-14-12-15(2)18-17(13-14)21-20(26-18)23(19(24)16-4-3-5-16)7-6-22-8-10-25-11-9-22/h12-13,16H,3-11H2,1-2H3. The Morgan fingerprint density at radius 2 is 2.08 bits per heavy atom. The molecule has 0 N–H and O–H groups in total. The summed E-state index contributed by atoms with van der Waals surface area (Å²) in [6.45, 7) is 9.30. The molecule has 1 aliphatic carbocycles. The van der Waals surface area contributed by atoms with Gasteiger partial charge in [-0.2, -0.15) is 0 Å². The fraction of sp³-hybridized carbons (Fsp3) is 0.600. The van der Waals surface area contributed by atoms with Crippen LogP contribution in [0.4, 0.5) is 5.13 Å². The first-order valence-corrected chi connectivity index (χ1v) is 10.4. The van der Waals surface area contributed by atoms with E-state index >= 15 is 0 Å². The van der Waals surface area contributed by atoms with Gasteiger partial charge in [0.15, 0.2) is 5.13 Å². The summed E-state index contributed by atoms with van der Waals surface area (Å²) < 4.78 is 6.63. The number of benzene rings is 1. The van der Waals surface area contributed by atoms with Crippen molar-refractivity contribution >= 4 is 32.6 Å². The minimum atomic E-state index is 0.189. The zero-order valence-corrected chi connectivity index (χ0v) is 16.5. The summed E-state index contributed by atoms with van der Waals surface area (Å²) in [5.41, 5.74) is 3.48. The summed E-state index contributed by atoms with van der Waals surface area (Å²) in [5, 5.41) is 0.860. The fourth-order valence-electron chi connectivity index (χ4n) is 3.72. The van der Waals surface area contributed by atoms with Crippen LogP contribution in [0.5, 0.6) is 0 Å². The van der Waals surface area contributed by atoms with Crippen LogP contribution in [-0.4, -0.2) is 55.2 Å². The number of ether oxygens (including phenoxy) is 1. The average Bonchev–Trinajstić information content (AvgIpc) is 2.98. The molecule has 4 rings (SSSR count). The van der Waals surface area contributed by atoms with Crippen molar-refractivity contribution in [2.75, 3.05) is 44.3 Å². The third kappa shape index (κ3) is 3.63. The summed E-state index contributed by atoms with van der Waals surface area (Å²) in [7, 11) is 0. The van der Waals surface area contributed by atoms with Crippen LogP contribution in [0.15, 0.2) is 12.1 Å². The van der Waals surface area contributed by atoms with Gasteiger partial charge >= 0.3 is 0 Å². The lowest BCUT2D eigenvalue weighted by molar-refractivity contribution is -0.124. The van der Waals surface area contributed by atoms with Gasteiger partial charge in [-0.15, -0.1) is 0 Å². The highest BCUT2D eigenvalue weighted by molar-refractivity contribution is 7.22. The molecule has 1 aromatic carbocycles. The first kappa shape index (κ1) is 17.9. The number of aryl methyl sites for hydroxylation is 2. The highest BCUT2D eigenvalue weighted by atomic mass is 32.1. The van der Waals surface area contributed by atoms with E-state index in [2.05, 4.69) is 30.9 Å². The third-order valence-electron chi connectivity index (χ3n) is 5.50. The Morgan fingerprint density at radius 1 is 1.31 bits per heavy atom. The minimum absolute atomic E-state index is 0.189. The molecule has 1 aliphatic heterocycles. The minimum Gasteiger partial charge on any atom is -0.379 e. The number of hydrogen-bond donors (Lipinski definition) is 0. The molecular weight excluding hydrogens is 346 g/mol. The Kier molecular flexibility index (Phi) is 5.25. The Hall–Kier alpha value is -1.50. The first-order chi connectivity index (χ1) is 12.6. The van der Waals surface area contributed by atoms with Gasteiger partial charge in [-0.3, -0.25) is 14.6 Å². The van der Waals surface area contributed by atoms with E-state index in [1.807, 2.05) is 4.90 Å². The number of anilines is 1. The second-order valence-electron chi connectivity index (χ2n) is 7.50. The third-order valence-corrected chi connectivity index (χ3v) is 6.73. The van der Waals surface area contributed by atoms with Gasteiger partial charge in [0, 0.05) is 32.1 Å². The molecule has 1 aromatic heterocycles. The van der Waals surface area contributed by atoms with Gasteiger partial charge in [-0.1, -0.05) is 23.8 Å². The highest BCUT2D eigenvalue weighted by Gasteiger charge is 2.32. The SMILES string of the molecule is Cc1cc(C)c2sc(N(CCN3CCOCC3)C(=O)C3CCC3)nc2c1. The van der Waals surface area contributed by atoms with Crippen LogP contribution in [0, 0.1) is 19.8 Å². The van der Waals surface area contributed by atoms with Gasteiger partial charge in [0.05, 0.1) is 23.4 Å². The Labute approximate surface area is 159 Å². The van der Waals surface area contributed by atoms with Gasteiger partial charge in [0.2, 0.25) is 5.91 Å². The molecule has 0 bridgehead atoms. The molecule has 0 spiro atoms. The van der Waals surface area contributed by atoms with E-state index in [0.717, 1.165) is 56.3 Å². The molecule has 6 heteroatoms. The van der Waals surface area contributed by atoms with Crippen LogP contribution in [0.3, 0.4) is 0 Å². The van der Waals surface area contributed by atoms with Crippen molar-refractivity contribution in [3.8, 4) is 0 Å². The number of carbonyl (C=O) groups is 1. The van der Waals surface area contributed by atoms with Crippen molar-refractivity contribution in [3.05, 3.63) is 23.3 Å². The van der Waals surface area contributed by atoms with Crippen LogP contribution in [0.1, 0.15) is 30.4 Å². The lowest BCUT2D eigenvalue weighted by Crippen LogP contribution is -2.45. The van der Waals surface area contributed by atoms with E-state index in [9.17, 15) is 4.79 Å². The largest absolute Gasteiger partial charge is 0.379 e. The maximum absolute atomic E-state index is 13.1. The Balaban J connectivity index is 1.59. The van der Waals surface area contributed by atoms with Crippen LogP contribution in [0.25, 0.3) is 10.2 Å². The lowest BCUT2D eigenvalue weighted by Gasteiger charge is -2.33. The maximum atomic E-state index is 13.1. The normalized spacial score (nSPS) is 18.8. The van der Waals surface area contributed by atoms with Crippen LogP contribution < -0.4 is 4.90 Å². The fourth-order valence-corrected chi connectivity index (χ4v) is 4.77. The summed E-state index contributed by atoms with van der Waals surface area (Å²) >= 11 is 1.66. The molecule has 2 aromatic rings. The van der Waals surface area contributed by atoms with Gasteiger partial charge in [0.1, 0.15) is 0 Å². The van der Waals surface area contributed by atoms with E-state index in [0.29, 0.717) is 6.54 Å². The summed E-state index contributed by atoms with van der Waals surface area (Å²) in [6, 6.07) is 4.31. The van der Waals surface area contributed by atoms with E-state index in [-0.39, 0.29) is 11.8 Å². The Morgan fingerprint density at radius 3 is 2.77 bits per heavy atom. The second-order valence-corrected chi connectivity index (χ2v) is 8.48. The Bertz CT molecular complexity index is 794. The topological polar surface area (TPSA) is 45.7 Å². The average molecular weight is 374 g/mol. The summed E-state index contributed by atoms with van der Waals surface area (Å²) in [4.78, 5) is 22.3. The number of rotatable bonds is 5. The van der Waals surface area contributed by atoms with Crippen LogP contribution in [-0.2, 0) is 9.53 Å². The van der Waals surface area contributed by atoms with Crippen molar-refractivity contribution in [1.29, 1.82) is 0 Å². The van der Waals surface area contributed by atoms with Crippen molar-refractivity contribution in [2.45, 2.75) is 33.1 Å². The van der Waals surface area contributed by atoms with Gasteiger partial charge in [-0.25, -0.2) is 4.98 Å². The smallest absolute Gasteiger partial charge is 0.231 e. The molecule has 1 saturated carbocycles. The maximum Gasteiger partial charge on any atom is 0.231 e. The molecule has 2 aliphatic rings. The summed E-state index contributed by atoms with van der Waals surface area (Å²) in [6.07, 6.45) is 3.22. The van der Waals surface area contributed by atoms with Crippen molar-refractivity contribution in [3.63, 3.8) is 0 Å². The quantitative estimate of drug-likeness (QED) is 0.806. The number of morpholine rings is 1. The molecule has 0 radical (unpaired) electrons. The number of carbonyl (C=O) groups excluding carboxylic acids is 1. The van der Waals surface area contributed by atoms with E-state index in [1.54, 1.807) is 11.3 Å². The van der Waals surface area contributed by atoms with Crippen molar-refractivity contribution in [2.24, 2.45) is 5.92 Å². The summed E-state index contributed by atoms with van der Waals surface area (Å²) in [5.74, 6) is 0.451. The molecule has 0 unspecified atom stereocenters. The number of thiazole rings is 1. The predicted molar refractivity (Wildman–Crippen MR) is 106 cm³/mol. The van der Waals surface area contributed by atoms with Crippen LogP contribution >= 0.6 is 11.3 Å². The highest BCUT2D eigenvalue weighted by Crippen LogP contribution is 2.35. The molecule has 5 nitrogen and oxygen atoms in total. The molecule has 1 saturated heterocycles. The molecule has 2 fully saturated rings. The first-order valence-electron chi connectivity index (χ1n) is 9.61. The van der Waals surface area contributed by atoms with Gasteiger partial charge in [-0.05, 0) is 43.9 Å². The number of hydrogen-bond acceptors (Lipinski definition) is 5. The van der Waals surface area contributed by atoms with Crippen molar-refractivity contribution in [1.82, 2.24) is 9.88 Å². The molecule has 2 heterocycles. The number of amides is 1. The monoisotopic (exact) mass is 373 g/mol. The number of aromatic nitrogens is 1. The molecular formula is C20H27N3O2S. The number of nitrogens with zero attached hydrogens (tertiary/aromatic N) is 3. The predicted octanol–water partition coefficient (Wildman–Crippen LogP) is 3.38. The van der Waals surface area contributed by atoms with E-state index < -0.39 is 0 Å². The molecule has 0 atom stereocenters. The van der Waals surface area contributed by atoms with Gasteiger partial charge < -0.3 is 4.74 Å². The second kappa shape index (κ2) is 7.62. The zero-order valence-electron chi connectivity index (χ0n) is 15.7. The molecule has 140 valence electrons. The van der Waals surface area contributed by atoms with E-state index in [4.69, 9.17) is 9.72 Å². The molecule has 26 heavy (non-hydrogen) atoms. The zero-order chi connectivity index (χ0) is 18.1. The lowest BCUT2D eigenvalue weighted by atomic mass is 9.84. The van der Waals surface area contributed by atoms with E-state index in [1.165, 1.54) is 22.2 Å². The molecule has 1 amide bonds.